The van der Waals surface area contributed by atoms with E-state index in [9.17, 15) is 9.90 Å². The van der Waals surface area contributed by atoms with Gasteiger partial charge in [-0.2, -0.15) is 0 Å². The van der Waals surface area contributed by atoms with Gasteiger partial charge >= 0.3 is 5.97 Å². The van der Waals surface area contributed by atoms with E-state index in [-0.39, 0.29) is 0 Å². The minimum atomic E-state index is -0.827. The molecule has 1 saturated carbocycles. The third kappa shape index (κ3) is 1.90. The molecule has 0 aromatic heterocycles. The summed E-state index contributed by atoms with van der Waals surface area (Å²) in [5.41, 5.74) is 1.95. The number of rotatable bonds is 2. The van der Waals surface area contributed by atoms with E-state index in [0.717, 1.165) is 18.8 Å². The summed E-state index contributed by atoms with van der Waals surface area (Å²) in [5, 5.41) is 9.18. The monoisotopic (exact) mass is 231 g/mol. The molecule has 1 aliphatic heterocycles. The molecule has 0 radical (unpaired) electrons. The Bertz CT molecular complexity index is 441. The predicted octanol–water partition coefficient (Wildman–Crippen LogP) is 2.77. The Morgan fingerprint density at radius 1 is 1.12 bits per heavy atom. The van der Waals surface area contributed by atoms with Gasteiger partial charge in [-0.25, -0.2) is 4.79 Å². The molecule has 0 bridgehead atoms. The van der Waals surface area contributed by atoms with Crippen LogP contribution in [0.25, 0.3) is 0 Å². The number of carboxylic acids is 1. The highest BCUT2D eigenvalue weighted by Crippen LogP contribution is 2.54. The van der Waals surface area contributed by atoms with Crippen LogP contribution in [0.1, 0.15) is 36.0 Å². The molecule has 1 heterocycles. The van der Waals surface area contributed by atoms with Crippen LogP contribution in [0.2, 0.25) is 0 Å². The molecular formula is C14H17NO2. The highest BCUT2D eigenvalue weighted by molar-refractivity contribution is 5.94. The van der Waals surface area contributed by atoms with Gasteiger partial charge in [-0.05, 0) is 43.2 Å². The van der Waals surface area contributed by atoms with Crippen LogP contribution in [-0.4, -0.2) is 24.2 Å². The molecule has 3 heteroatoms. The summed E-state index contributed by atoms with van der Waals surface area (Å²) in [6.45, 7) is 2.01. The van der Waals surface area contributed by atoms with Gasteiger partial charge in [0.25, 0.3) is 0 Å². The van der Waals surface area contributed by atoms with E-state index in [1.807, 2.05) is 12.1 Å². The quantitative estimate of drug-likeness (QED) is 0.850. The number of carboxylic acid groups (broad SMARTS) is 1. The topological polar surface area (TPSA) is 40.5 Å². The molecule has 2 aliphatic rings. The number of anilines is 1. The summed E-state index contributed by atoms with van der Waals surface area (Å²) in [6.07, 6.45) is 5.20. The standard InChI is InChI=1S/C14H17NO2/c16-13(17)11-3-1-2-4-12(11)15-9-7-14(5-6-14)8-10-15/h1-4H,5-10H2,(H,16,17). The van der Waals surface area contributed by atoms with Gasteiger partial charge in [0.1, 0.15) is 0 Å². The Morgan fingerprint density at radius 2 is 1.76 bits per heavy atom. The number of hydrogen-bond acceptors (Lipinski definition) is 2. The number of hydrogen-bond donors (Lipinski definition) is 1. The molecule has 2 fully saturated rings. The first-order chi connectivity index (χ1) is 8.20. The maximum atomic E-state index is 11.2. The molecule has 3 rings (SSSR count). The van der Waals surface area contributed by atoms with Crippen LogP contribution in [0.3, 0.4) is 0 Å². The maximum Gasteiger partial charge on any atom is 0.337 e. The van der Waals surface area contributed by atoms with Crippen LogP contribution < -0.4 is 4.90 Å². The van der Waals surface area contributed by atoms with Gasteiger partial charge in [-0.1, -0.05) is 12.1 Å². The average molecular weight is 231 g/mol. The van der Waals surface area contributed by atoms with Crippen molar-refractivity contribution >= 4 is 11.7 Å². The number of nitrogens with zero attached hydrogens (tertiary/aromatic N) is 1. The zero-order valence-electron chi connectivity index (χ0n) is 9.85. The first kappa shape index (κ1) is 10.6. The van der Waals surface area contributed by atoms with Gasteiger partial charge in [-0.15, -0.1) is 0 Å². The normalized spacial score (nSPS) is 21.5. The minimum absolute atomic E-state index is 0.430. The molecule has 1 aromatic carbocycles. The number of carbonyl (C=O) groups is 1. The highest BCUT2D eigenvalue weighted by Gasteiger charge is 2.44. The Hall–Kier alpha value is -1.51. The van der Waals surface area contributed by atoms with Gasteiger partial charge in [0.15, 0.2) is 0 Å². The molecule has 1 aromatic rings. The van der Waals surface area contributed by atoms with Crippen LogP contribution in [0.5, 0.6) is 0 Å². The second-order valence-electron chi connectivity index (χ2n) is 5.31. The first-order valence-electron chi connectivity index (χ1n) is 6.28. The molecule has 0 unspecified atom stereocenters. The fraction of sp³-hybridized carbons (Fsp3) is 0.500. The third-order valence-corrected chi connectivity index (χ3v) is 4.26. The average Bonchev–Trinajstić information content (AvgIpc) is 3.10. The number of para-hydroxylation sites is 1. The Labute approximate surface area is 101 Å². The fourth-order valence-electron chi connectivity index (χ4n) is 2.83. The van der Waals surface area contributed by atoms with Gasteiger partial charge in [0.05, 0.1) is 11.3 Å². The molecule has 3 nitrogen and oxygen atoms in total. The van der Waals surface area contributed by atoms with Crippen LogP contribution in [-0.2, 0) is 0 Å². The Morgan fingerprint density at radius 3 is 2.35 bits per heavy atom. The van der Waals surface area contributed by atoms with Gasteiger partial charge < -0.3 is 10.0 Å². The minimum Gasteiger partial charge on any atom is -0.478 e. The van der Waals surface area contributed by atoms with Gasteiger partial charge in [-0.3, -0.25) is 0 Å². The number of aromatic carboxylic acids is 1. The van der Waals surface area contributed by atoms with Crippen molar-refractivity contribution in [2.45, 2.75) is 25.7 Å². The van der Waals surface area contributed by atoms with E-state index in [1.54, 1.807) is 12.1 Å². The lowest BCUT2D eigenvalue weighted by Gasteiger charge is -2.34. The summed E-state index contributed by atoms with van der Waals surface area (Å²) in [7, 11) is 0. The molecule has 1 aliphatic carbocycles. The largest absolute Gasteiger partial charge is 0.478 e. The van der Waals surface area contributed by atoms with Gasteiger partial charge in [0, 0.05) is 13.1 Å². The van der Waals surface area contributed by atoms with Crippen LogP contribution >= 0.6 is 0 Å². The molecule has 90 valence electrons. The van der Waals surface area contributed by atoms with E-state index in [4.69, 9.17) is 0 Å². The molecule has 17 heavy (non-hydrogen) atoms. The second kappa shape index (κ2) is 3.76. The first-order valence-corrected chi connectivity index (χ1v) is 6.28. The number of piperidine rings is 1. The lowest BCUT2D eigenvalue weighted by molar-refractivity contribution is 0.0697. The Balaban J connectivity index is 1.82. The summed E-state index contributed by atoms with van der Waals surface area (Å²) in [6, 6.07) is 7.33. The zero-order chi connectivity index (χ0) is 11.9. The van der Waals surface area contributed by atoms with E-state index in [1.165, 1.54) is 25.7 Å². The lowest BCUT2D eigenvalue weighted by Crippen LogP contribution is -2.35. The second-order valence-corrected chi connectivity index (χ2v) is 5.31. The van der Waals surface area contributed by atoms with Crippen molar-refractivity contribution < 1.29 is 9.90 Å². The van der Waals surface area contributed by atoms with Crippen molar-refractivity contribution in [3.05, 3.63) is 29.8 Å². The van der Waals surface area contributed by atoms with Crippen molar-refractivity contribution in [1.29, 1.82) is 0 Å². The molecule has 1 spiro atoms. The van der Waals surface area contributed by atoms with E-state index >= 15 is 0 Å². The van der Waals surface area contributed by atoms with Crippen molar-refractivity contribution in [1.82, 2.24) is 0 Å². The van der Waals surface area contributed by atoms with Crippen molar-refractivity contribution in [2.75, 3.05) is 18.0 Å². The third-order valence-electron chi connectivity index (χ3n) is 4.26. The number of benzene rings is 1. The summed E-state index contributed by atoms with van der Waals surface area (Å²) in [4.78, 5) is 13.4. The summed E-state index contributed by atoms with van der Waals surface area (Å²) in [5.74, 6) is -0.827. The summed E-state index contributed by atoms with van der Waals surface area (Å²) < 4.78 is 0. The molecule has 0 amide bonds. The van der Waals surface area contributed by atoms with Crippen LogP contribution in [0, 0.1) is 5.41 Å². The highest BCUT2D eigenvalue weighted by atomic mass is 16.4. The lowest BCUT2D eigenvalue weighted by atomic mass is 9.93. The van der Waals surface area contributed by atoms with E-state index in [0.29, 0.717) is 11.0 Å². The molecule has 0 atom stereocenters. The van der Waals surface area contributed by atoms with Crippen molar-refractivity contribution in [3.8, 4) is 0 Å². The molecule has 1 N–H and O–H groups in total. The van der Waals surface area contributed by atoms with E-state index in [2.05, 4.69) is 4.90 Å². The maximum absolute atomic E-state index is 11.2. The van der Waals surface area contributed by atoms with Crippen LogP contribution in [0.15, 0.2) is 24.3 Å². The Kier molecular flexibility index (Phi) is 2.35. The SMILES string of the molecule is O=C(O)c1ccccc1N1CCC2(CC1)CC2. The van der Waals surface area contributed by atoms with E-state index < -0.39 is 5.97 Å². The fourth-order valence-corrected chi connectivity index (χ4v) is 2.83. The molecular weight excluding hydrogens is 214 g/mol. The van der Waals surface area contributed by atoms with Gasteiger partial charge in [0.2, 0.25) is 0 Å². The summed E-state index contributed by atoms with van der Waals surface area (Å²) >= 11 is 0. The van der Waals surface area contributed by atoms with Crippen LogP contribution in [0.4, 0.5) is 5.69 Å². The van der Waals surface area contributed by atoms with Crippen molar-refractivity contribution in [3.63, 3.8) is 0 Å². The molecule has 1 saturated heterocycles. The predicted molar refractivity (Wildman–Crippen MR) is 66.5 cm³/mol. The smallest absolute Gasteiger partial charge is 0.337 e. The van der Waals surface area contributed by atoms with Crippen molar-refractivity contribution in [2.24, 2.45) is 5.41 Å². The zero-order valence-corrected chi connectivity index (χ0v) is 9.85.